The summed E-state index contributed by atoms with van der Waals surface area (Å²) in [7, 11) is -3.84. The summed E-state index contributed by atoms with van der Waals surface area (Å²) in [5.74, 6) is 0. The Labute approximate surface area is 159 Å². The van der Waals surface area contributed by atoms with E-state index in [0.29, 0.717) is 5.56 Å². The van der Waals surface area contributed by atoms with E-state index in [-0.39, 0.29) is 9.80 Å². The molecule has 5 heteroatoms. The third-order valence-electron chi connectivity index (χ3n) is 4.00. The van der Waals surface area contributed by atoms with Crippen molar-refractivity contribution in [3.05, 3.63) is 94.9 Å². The molecule has 0 saturated carbocycles. The molecule has 0 aliphatic carbocycles. The standard InChI is InChI=1S/C22H18N2O2S/c1-17-7-13-21(14-8-17)27(25,26)22(16-23)15-18-9-11-20(12-10-18)24-19-5-3-2-4-6-19/h2-15,24H,1H3/b22-15+. The third kappa shape index (κ3) is 4.43. The van der Waals surface area contributed by atoms with E-state index in [2.05, 4.69) is 5.32 Å². The molecule has 0 heterocycles. The Hall–Kier alpha value is -3.36. The number of aryl methyl sites for hydroxylation is 1. The normalized spacial score (nSPS) is 11.6. The summed E-state index contributed by atoms with van der Waals surface area (Å²) < 4.78 is 25.4. The highest BCUT2D eigenvalue weighted by Gasteiger charge is 2.20. The molecular formula is C22H18N2O2S. The number of benzene rings is 3. The Bertz CT molecular complexity index is 1090. The van der Waals surface area contributed by atoms with E-state index < -0.39 is 9.84 Å². The first-order chi connectivity index (χ1) is 13.0. The molecule has 0 aromatic heterocycles. The number of nitrogens with zero attached hydrogens (tertiary/aromatic N) is 1. The van der Waals surface area contributed by atoms with Crippen LogP contribution in [0.3, 0.4) is 0 Å². The minimum atomic E-state index is -3.84. The topological polar surface area (TPSA) is 70.0 Å². The molecule has 0 unspecified atom stereocenters. The van der Waals surface area contributed by atoms with E-state index in [1.807, 2.05) is 55.5 Å². The number of anilines is 2. The highest BCUT2D eigenvalue weighted by molar-refractivity contribution is 7.95. The van der Waals surface area contributed by atoms with Gasteiger partial charge in [0.25, 0.3) is 0 Å². The van der Waals surface area contributed by atoms with Crippen LogP contribution in [-0.4, -0.2) is 8.42 Å². The van der Waals surface area contributed by atoms with Gasteiger partial charge >= 0.3 is 0 Å². The van der Waals surface area contributed by atoms with E-state index in [0.717, 1.165) is 16.9 Å². The van der Waals surface area contributed by atoms with Crippen molar-refractivity contribution in [1.29, 1.82) is 5.26 Å². The number of nitrogens with one attached hydrogen (secondary N) is 1. The van der Waals surface area contributed by atoms with Gasteiger partial charge in [0, 0.05) is 11.4 Å². The molecule has 0 bridgehead atoms. The second-order valence-corrected chi connectivity index (χ2v) is 7.97. The number of sulfone groups is 1. The molecule has 0 spiro atoms. The molecule has 1 N–H and O–H groups in total. The fraction of sp³-hybridized carbons (Fsp3) is 0.0455. The monoisotopic (exact) mass is 374 g/mol. The van der Waals surface area contributed by atoms with Crippen LogP contribution in [0, 0.1) is 18.3 Å². The van der Waals surface area contributed by atoms with Gasteiger partial charge in [-0.2, -0.15) is 5.26 Å². The van der Waals surface area contributed by atoms with Gasteiger partial charge in [0.2, 0.25) is 9.84 Å². The zero-order chi connectivity index (χ0) is 19.3. The molecule has 0 aliphatic heterocycles. The number of para-hydroxylation sites is 1. The molecule has 3 aromatic rings. The van der Waals surface area contributed by atoms with Crippen molar-refractivity contribution in [1.82, 2.24) is 0 Å². The summed E-state index contributed by atoms with van der Waals surface area (Å²) in [6.45, 7) is 1.88. The van der Waals surface area contributed by atoms with Crippen LogP contribution < -0.4 is 5.32 Å². The average molecular weight is 374 g/mol. The minimum absolute atomic E-state index is 0.114. The van der Waals surface area contributed by atoms with Crippen molar-refractivity contribution in [2.75, 3.05) is 5.32 Å². The van der Waals surface area contributed by atoms with Gasteiger partial charge in [-0.25, -0.2) is 8.42 Å². The van der Waals surface area contributed by atoms with Crippen LogP contribution >= 0.6 is 0 Å². The summed E-state index contributed by atoms with van der Waals surface area (Å²) in [6.07, 6.45) is 1.39. The summed E-state index contributed by atoms with van der Waals surface area (Å²) in [5.41, 5.74) is 3.43. The van der Waals surface area contributed by atoms with Crippen LogP contribution in [0.5, 0.6) is 0 Å². The first-order valence-electron chi connectivity index (χ1n) is 8.35. The van der Waals surface area contributed by atoms with Crippen LogP contribution in [0.1, 0.15) is 11.1 Å². The number of hydrogen-bond donors (Lipinski definition) is 1. The molecule has 4 nitrogen and oxygen atoms in total. The second kappa shape index (κ2) is 7.90. The van der Waals surface area contributed by atoms with E-state index >= 15 is 0 Å². The Kier molecular flexibility index (Phi) is 5.39. The SMILES string of the molecule is Cc1ccc(S(=O)(=O)/C(C#N)=C/c2ccc(Nc3ccccc3)cc2)cc1. The van der Waals surface area contributed by atoms with Gasteiger partial charge in [-0.05, 0) is 55.0 Å². The fourth-order valence-electron chi connectivity index (χ4n) is 2.52. The summed E-state index contributed by atoms with van der Waals surface area (Å²) >= 11 is 0. The van der Waals surface area contributed by atoms with Gasteiger partial charge < -0.3 is 5.32 Å². The number of hydrogen-bond acceptors (Lipinski definition) is 4. The van der Waals surface area contributed by atoms with Crippen LogP contribution in [-0.2, 0) is 9.84 Å². The highest BCUT2D eigenvalue weighted by Crippen LogP contribution is 2.23. The van der Waals surface area contributed by atoms with Crippen molar-refractivity contribution in [2.24, 2.45) is 0 Å². The summed E-state index contributed by atoms with van der Waals surface area (Å²) in [4.78, 5) is -0.168. The van der Waals surface area contributed by atoms with Gasteiger partial charge in [-0.1, -0.05) is 48.0 Å². The number of allylic oxidation sites excluding steroid dienone is 1. The molecule has 3 aromatic carbocycles. The maximum absolute atomic E-state index is 12.7. The van der Waals surface area contributed by atoms with Crippen LogP contribution in [0.15, 0.2) is 88.7 Å². The van der Waals surface area contributed by atoms with Gasteiger partial charge in [0.1, 0.15) is 11.0 Å². The van der Waals surface area contributed by atoms with Crippen molar-refractivity contribution < 1.29 is 8.42 Å². The summed E-state index contributed by atoms with van der Waals surface area (Å²) in [6, 6.07) is 25.2. The smallest absolute Gasteiger partial charge is 0.216 e. The minimum Gasteiger partial charge on any atom is -0.356 e. The Morgan fingerprint density at radius 2 is 1.48 bits per heavy atom. The summed E-state index contributed by atoms with van der Waals surface area (Å²) in [5, 5.41) is 12.6. The van der Waals surface area contributed by atoms with Crippen molar-refractivity contribution in [2.45, 2.75) is 11.8 Å². The molecular weight excluding hydrogens is 356 g/mol. The Morgan fingerprint density at radius 3 is 2.07 bits per heavy atom. The van der Waals surface area contributed by atoms with E-state index in [1.54, 1.807) is 24.3 Å². The van der Waals surface area contributed by atoms with Gasteiger partial charge in [-0.3, -0.25) is 0 Å². The van der Waals surface area contributed by atoms with Crippen LogP contribution in [0.25, 0.3) is 6.08 Å². The van der Waals surface area contributed by atoms with Gasteiger partial charge in [0.15, 0.2) is 0 Å². The van der Waals surface area contributed by atoms with Gasteiger partial charge in [0.05, 0.1) is 4.90 Å². The predicted molar refractivity (Wildman–Crippen MR) is 108 cm³/mol. The van der Waals surface area contributed by atoms with Crippen molar-refractivity contribution in [3.8, 4) is 6.07 Å². The number of nitriles is 1. The van der Waals surface area contributed by atoms with E-state index in [1.165, 1.54) is 18.2 Å². The molecule has 134 valence electrons. The average Bonchev–Trinajstić information content (AvgIpc) is 2.68. The fourth-order valence-corrected chi connectivity index (χ4v) is 3.68. The van der Waals surface area contributed by atoms with Crippen molar-refractivity contribution in [3.63, 3.8) is 0 Å². The quantitative estimate of drug-likeness (QED) is 0.633. The maximum Gasteiger partial charge on any atom is 0.216 e. The second-order valence-electron chi connectivity index (χ2n) is 6.05. The largest absolute Gasteiger partial charge is 0.356 e. The predicted octanol–water partition coefficient (Wildman–Crippen LogP) is 5.08. The first kappa shape index (κ1) is 18.4. The lowest BCUT2D eigenvalue weighted by atomic mass is 10.2. The molecule has 0 radical (unpaired) electrons. The maximum atomic E-state index is 12.7. The van der Waals surface area contributed by atoms with E-state index in [4.69, 9.17) is 0 Å². The lowest BCUT2D eigenvalue weighted by Gasteiger charge is -2.07. The first-order valence-corrected chi connectivity index (χ1v) is 9.83. The highest BCUT2D eigenvalue weighted by atomic mass is 32.2. The molecule has 0 atom stereocenters. The van der Waals surface area contributed by atoms with Crippen LogP contribution in [0.2, 0.25) is 0 Å². The van der Waals surface area contributed by atoms with E-state index in [9.17, 15) is 13.7 Å². The zero-order valence-corrected chi connectivity index (χ0v) is 15.6. The Morgan fingerprint density at radius 1 is 0.889 bits per heavy atom. The Balaban J connectivity index is 1.85. The molecule has 3 rings (SSSR count). The third-order valence-corrected chi connectivity index (χ3v) is 5.68. The molecule has 0 saturated heterocycles. The van der Waals surface area contributed by atoms with Crippen molar-refractivity contribution >= 4 is 27.3 Å². The lowest BCUT2D eigenvalue weighted by molar-refractivity contribution is 0.603. The van der Waals surface area contributed by atoms with Crippen LogP contribution in [0.4, 0.5) is 11.4 Å². The zero-order valence-electron chi connectivity index (χ0n) is 14.8. The molecule has 0 amide bonds. The number of rotatable bonds is 5. The van der Waals surface area contributed by atoms with Gasteiger partial charge in [-0.15, -0.1) is 0 Å². The lowest BCUT2D eigenvalue weighted by Crippen LogP contribution is -2.03. The molecule has 0 aliphatic rings. The molecule has 0 fully saturated rings. The molecule has 27 heavy (non-hydrogen) atoms.